The van der Waals surface area contributed by atoms with Crippen molar-refractivity contribution in [3.8, 4) is 0 Å². The molecule has 5 heteroatoms. The van der Waals surface area contributed by atoms with Gasteiger partial charge in [0.1, 0.15) is 0 Å². The number of piperidine rings is 1. The Balaban J connectivity index is 1.75. The van der Waals surface area contributed by atoms with E-state index in [0.29, 0.717) is 4.90 Å². The van der Waals surface area contributed by atoms with Gasteiger partial charge in [0.15, 0.2) is 0 Å². The van der Waals surface area contributed by atoms with Gasteiger partial charge in [-0.05, 0) is 74.9 Å². The first kappa shape index (κ1) is 16.0. The maximum absolute atomic E-state index is 12.7. The predicted octanol–water partition coefficient (Wildman–Crippen LogP) is 2.33. The summed E-state index contributed by atoms with van der Waals surface area (Å²) in [7, 11) is -3.40. The molecule has 1 unspecified atom stereocenters. The van der Waals surface area contributed by atoms with Gasteiger partial charge in [-0.2, -0.15) is 0 Å². The lowest BCUT2D eigenvalue weighted by atomic mass is 9.92. The number of hydrogen-bond donors (Lipinski definition) is 1. The summed E-state index contributed by atoms with van der Waals surface area (Å²) in [4.78, 5) is 2.74. The van der Waals surface area contributed by atoms with Gasteiger partial charge in [0, 0.05) is 12.6 Å². The van der Waals surface area contributed by atoms with E-state index in [2.05, 4.69) is 16.5 Å². The molecule has 1 aromatic carbocycles. The van der Waals surface area contributed by atoms with E-state index in [4.69, 9.17) is 0 Å². The Kier molecular flexibility index (Phi) is 4.85. The summed E-state index contributed by atoms with van der Waals surface area (Å²) >= 11 is 0. The zero-order chi connectivity index (χ0) is 15.6. The lowest BCUT2D eigenvalue weighted by Gasteiger charge is -2.32. The molecule has 1 N–H and O–H groups in total. The van der Waals surface area contributed by atoms with Crippen molar-refractivity contribution >= 4 is 10.0 Å². The molecule has 1 aliphatic heterocycles. The van der Waals surface area contributed by atoms with E-state index in [0.717, 1.165) is 51.7 Å². The molecule has 1 atom stereocenters. The molecule has 1 heterocycles. The Bertz CT molecular complexity index is 628. The summed E-state index contributed by atoms with van der Waals surface area (Å²) in [6.45, 7) is 5.01. The minimum absolute atomic E-state index is 0.0368. The Morgan fingerprint density at radius 2 is 1.95 bits per heavy atom. The highest BCUT2D eigenvalue weighted by Gasteiger charge is 2.25. The van der Waals surface area contributed by atoms with Crippen molar-refractivity contribution in [3.05, 3.63) is 29.3 Å². The first-order valence-corrected chi connectivity index (χ1v) is 9.93. The molecule has 4 nitrogen and oxygen atoms in total. The van der Waals surface area contributed by atoms with Crippen molar-refractivity contribution in [2.24, 2.45) is 0 Å². The standard InChI is InChI=1S/C17H26N2O2S/c1-2-19-11-5-8-16(13-19)18-22(20,21)17-10-9-14-6-3-4-7-15(14)12-17/h9-10,12,16,18H,2-8,11,13H2,1H3. The Hall–Kier alpha value is -0.910. The molecule has 1 aliphatic carbocycles. The van der Waals surface area contributed by atoms with Gasteiger partial charge in [0.25, 0.3) is 0 Å². The Morgan fingerprint density at radius 3 is 2.73 bits per heavy atom. The molecule has 0 spiro atoms. The lowest BCUT2D eigenvalue weighted by molar-refractivity contribution is 0.211. The number of aryl methyl sites for hydroxylation is 2. The number of rotatable bonds is 4. The molecule has 0 saturated carbocycles. The van der Waals surface area contributed by atoms with Crippen molar-refractivity contribution < 1.29 is 8.42 Å². The zero-order valence-electron chi connectivity index (χ0n) is 13.3. The highest BCUT2D eigenvalue weighted by molar-refractivity contribution is 7.89. The molecule has 1 fully saturated rings. The fraction of sp³-hybridized carbons (Fsp3) is 0.647. The molecule has 2 aliphatic rings. The number of likely N-dealkylation sites (N-methyl/N-ethyl adjacent to an activating group) is 1. The van der Waals surface area contributed by atoms with Gasteiger partial charge >= 0.3 is 0 Å². The summed E-state index contributed by atoms with van der Waals surface area (Å²) in [5.41, 5.74) is 2.54. The third-order valence-corrected chi connectivity index (χ3v) is 6.42. The van der Waals surface area contributed by atoms with Gasteiger partial charge in [0.05, 0.1) is 4.90 Å². The molecule has 122 valence electrons. The average molecular weight is 322 g/mol. The maximum atomic E-state index is 12.7. The predicted molar refractivity (Wildman–Crippen MR) is 88.5 cm³/mol. The summed E-state index contributed by atoms with van der Waals surface area (Å²) in [6, 6.07) is 5.70. The molecule has 0 aromatic heterocycles. The van der Waals surface area contributed by atoms with Crippen LogP contribution in [0.3, 0.4) is 0 Å². The van der Waals surface area contributed by atoms with Crippen LogP contribution < -0.4 is 4.72 Å². The fourth-order valence-corrected chi connectivity index (χ4v) is 4.92. The van der Waals surface area contributed by atoms with Crippen molar-refractivity contribution in [1.29, 1.82) is 0 Å². The van der Waals surface area contributed by atoms with E-state index in [1.165, 1.54) is 17.5 Å². The molecule has 0 bridgehead atoms. The van der Waals surface area contributed by atoms with Gasteiger partial charge in [-0.15, -0.1) is 0 Å². The number of benzene rings is 1. The highest BCUT2D eigenvalue weighted by Crippen LogP contribution is 2.24. The molecule has 3 rings (SSSR count). The first-order chi connectivity index (χ1) is 10.6. The van der Waals surface area contributed by atoms with Gasteiger partial charge in [-0.1, -0.05) is 13.0 Å². The summed E-state index contributed by atoms with van der Waals surface area (Å²) in [5.74, 6) is 0. The quantitative estimate of drug-likeness (QED) is 0.925. The molecule has 22 heavy (non-hydrogen) atoms. The molecule has 0 amide bonds. The van der Waals surface area contributed by atoms with Crippen LogP contribution in [0.4, 0.5) is 0 Å². The van der Waals surface area contributed by atoms with Gasteiger partial charge in [-0.25, -0.2) is 13.1 Å². The highest BCUT2D eigenvalue weighted by atomic mass is 32.2. The minimum atomic E-state index is -3.40. The topological polar surface area (TPSA) is 49.4 Å². The minimum Gasteiger partial charge on any atom is -0.302 e. The molecule has 1 saturated heterocycles. The Labute approximate surface area is 134 Å². The van der Waals surface area contributed by atoms with Crippen molar-refractivity contribution in [2.45, 2.75) is 56.4 Å². The summed E-state index contributed by atoms with van der Waals surface area (Å²) in [6.07, 6.45) is 6.46. The van der Waals surface area contributed by atoms with Crippen molar-refractivity contribution in [3.63, 3.8) is 0 Å². The van der Waals surface area contributed by atoms with Crippen LogP contribution in [-0.2, 0) is 22.9 Å². The third kappa shape index (κ3) is 3.53. The van der Waals surface area contributed by atoms with Gasteiger partial charge < -0.3 is 4.90 Å². The third-order valence-electron chi connectivity index (χ3n) is 4.90. The number of sulfonamides is 1. The second kappa shape index (κ2) is 6.69. The van der Waals surface area contributed by atoms with Crippen LogP contribution in [0.5, 0.6) is 0 Å². The van der Waals surface area contributed by atoms with Crippen LogP contribution in [-0.4, -0.2) is 39.0 Å². The van der Waals surface area contributed by atoms with Crippen LogP contribution in [0.1, 0.15) is 43.7 Å². The largest absolute Gasteiger partial charge is 0.302 e. The van der Waals surface area contributed by atoms with Crippen LogP contribution in [0.25, 0.3) is 0 Å². The van der Waals surface area contributed by atoms with E-state index in [-0.39, 0.29) is 6.04 Å². The Morgan fingerprint density at radius 1 is 1.18 bits per heavy atom. The zero-order valence-corrected chi connectivity index (χ0v) is 14.2. The van der Waals surface area contributed by atoms with E-state index in [9.17, 15) is 8.42 Å². The van der Waals surface area contributed by atoms with Crippen LogP contribution >= 0.6 is 0 Å². The number of nitrogens with one attached hydrogen (secondary N) is 1. The lowest BCUT2D eigenvalue weighted by Crippen LogP contribution is -2.47. The number of nitrogens with zero attached hydrogens (tertiary/aromatic N) is 1. The average Bonchev–Trinajstić information content (AvgIpc) is 2.54. The smallest absolute Gasteiger partial charge is 0.240 e. The van der Waals surface area contributed by atoms with Crippen molar-refractivity contribution in [2.75, 3.05) is 19.6 Å². The molecule has 0 radical (unpaired) electrons. The number of likely N-dealkylation sites (tertiary alicyclic amines) is 1. The maximum Gasteiger partial charge on any atom is 0.240 e. The summed E-state index contributed by atoms with van der Waals surface area (Å²) in [5, 5.41) is 0. The second-order valence-corrected chi connectivity index (χ2v) is 8.21. The monoisotopic (exact) mass is 322 g/mol. The van der Waals surface area contributed by atoms with Crippen LogP contribution in [0.15, 0.2) is 23.1 Å². The number of fused-ring (bicyclic) bond motifs is 1. The molecular formula is C17H26N2O2S. The number of hydrogen-bond acceptors (Lipinski definition) is 3. The van der Waals surface area contributed by atoms with E-state index in [1.807, 2.05) is 12.1 Å². The molecule has 1 aromatic rings. The van der Waals surface area contributed by atoms with Gasteiger partial charge in [0.2, 0.25) is 10.0 Å². The normalized spacial score (nSPS) is 23.2. The fourth-order valence-electron chi connectivity index (χ4n) is 3.60. The first-order valence-electron chi connectivity index (χ1n) is 8.45. The van der Waals surface area contributed by atoms with E-state index >= 15 is 0 Å². The van der Waals surface area contributed by atoms with Crippen LogP contribution in [0, 0.1) is 0 Å². The van der Waals surface area contributed by atoms with Crippen molar-refractivity contribution in [1.82, 2.24) is 9.62 Å². The molecular weight excluding hydrogens is 296 g/mol. The van der Waals surface area contributed by atoms with E-state index in [1.54, 1.807) is 6.07 Å². The van der Waals surface area contributed by atoms with Crippen LogP contribution in [0.2, 0.25) is 0 Å². The van der Waals surface area contributed by atoms with Gasteiger partial charge in [-0.3, -0.25) is 0 Å². The summed E-state index contributed by atoms with van der Waals surface area (Å²) < 4.78 is 28.2. The van der Waals surface area contributed by atoms with E-state index < -0.39 is 10.0 Å². The second-order valence-electron chi connectivity index (χ2n) is 6.49. The SMILES string of the molecule is CCN1CCCC(NS(=O)(=O)c2ccc3c(c2)CCCC3)C1.